The van der Waals surface area contributed by atoms with Crippen LogP contribution in [0.1, 0.15) is 55.8 Å². The highest BCUT2D eigenvalue weighted by molar-refractivity contribution is 5.46. The van der Waals surface area contributed by atoms with Gasteiger partial charge in [0, 0.05) is 0 Å². The molecule has 1 fully saturated rings. The summed E-state index contributed by atoms with van der Waals surface area (Å²) in [6, 6.07) is 15.7. The molecule has 8 nitrogen and oxygen atoms in total. The van der Waals surface area contributed by atoms with Gasteiger partial charge in [0.1, 0.15) is 12.2 Å². The van der Waals surface area contributed by atoms with Gasteiger partial charge in [-0.15, -0.1) is 0 Å². The normalized spacial score (nSPS) is 22.5. The lowest BCUT2D eigenvalue weighted by Crippen LogP contribution is -2.22. The van der Waals surface area contributed by atoms with E-state index in [-0.39, 0.29) is 41.3 Å². The van der Waals surface area contributed by atoms with Gasteiger partial charge in [0.25, 0.3) is 0 Å². The quantitative estimate of drug-likeness (QED) is 0.327. The number of ether oxygens (including phenoxy) is 5. The molecule has 1 aliphatic heterocycles. The smallest absolute Gasteiger partial charge is 0.161 e. The molecule has 8 heteroatoms. The lowest BCUT2D eigenvalue weighted by Gasteiger charge is -2.24. The van der Waals surface area contributed by atoms with Crippen LogP contribution in [0.15, 0.2) is 54.6 Å². The van der Waals surface area contributed by atoms with Crippen LogP contribution in [0.2, 0.25) is 0 Å². The Morgan fingerprint density at radius 2 is 1.18 bits per heavy atom. The minimum Gasteiger partial charge on any atom is -0.504 e. The Labute approximate surface area is 223 Å². The first-order valence-electron chi connectivity index (χ1n) is 12.6. The minimum atomic E-state index is -0.962. The van der Waals surface area contributed by atoms with E-state index in [4.69, 9.17) is 23.7 Å². The largest absolute Gasteiger partial charge is 0.504 e. The number of hydrogen-bond donors (Lipinski definition) is 3. The third kappa shape index (κ3) is 5.33. The molecule has 4 rings (SSSR count). The molecular weight excluding hydrogens is 488 g/mol. The zero-order valence-electron chi connectivity index (χ0n) is 22.5. The summed E-state index contributed by atoms with van der Waals surface area (Å²) in [7, 11) is 4.56. The molecule has 0 amide bonds. The maximum absolute atomic E-state index is 10.9. The van der Waals surface area contributed by atoms with Crippen LogP contribution in [0.5, 0.6) is 34.5 Å². The predicted octanol–water partition coefficient (Wildman–Crippen LogP) is 5.71. The molecule has 204 valence electrons. The molecule has 0 saturated carbocycles. The van der Waals surface area contributed by atoms with Crippen LogP contribution in [0.3, 0.4) is 0 Å². The molecule has 1 heterocycles. The Kier molecular flexibility index (Phi) is 8.23. The Hall–Kier alpha value is -3.62. The number of aliphatic hydroxyl groups excluding tert-OH is 1. The lowest BCUT2D eigenvalue weighted by atomic mass is 9.85. The first-order valence-corrected chi connectivity index (χ1v) is 12.6. The van der Waals surface area contributed by atoms with E-state index in [9.17, 15) is 15.3 Å². The Morgan fingerprint density at radius 1 is 0.684 bits per heavy atom. The number of aliphatic hydroxyl groups is 1. The summed E-state index contributed by atoms with van der Waals surface area (Å²) in [5.41, 5.74) is 2.46. The van der Waals surface area contributed by atoms with Crippen LogP contribution < -0.4 is 18.9 Å². The fourth-order valence-electron chi connectivity index (χ4n) is 4.97. The predicted molar refractivity (Wildman–Crippen MR) is 142 cm³/mol. The first kappa shape index (κ1) is 27.4. The topological polar surface area (TPSA) is 107 Å². The van der Waals surface area contributed by atoms with Gasteiger partial charge in [0.2, 0.25) is 0 Å². The Bertz CT molecular complexity index is 1260. The van der Waals surface area contributed by atoms with Crippen molar-refractivity contribution in [3.05, 3.63) is 71.3 Å². The standard InChI is InChI=1S/C30H36O8/c1-16-17(2)30(38-29(16)20-8-11-23(32)26(14-20)35-5)21-9-12-24(27(15-21)36-6)37-18(3)28(33)19-7-10-22(31)25(13-19)34-4/h7-18,28-33H,1-6H3/t16-,17+,18-,28-,29+,30+/m1/s1. The summed E-state index contributed by atoms with van der Waals surface area (Å²) in [5, 5.41) is 30.7. The first-order chi connectivity index (χ1) is 18.2. The molecule has 1 saturated heterocycles. The van der Waals surface area contributed by atoms with Crippen molar-refractivity contribution in [3.63, 3.8) is 0 Å². The molecule has 1 aliphatic rings. The van der Waals surface area contributed by atoms with Gasteiger partial charge in [-0.25, -0.2) is 0 Å². The van der Waals surface area contributed by atoms with Crippen molar-refractivity contribution in [1.82, 2.24) is 0 Å². The van der Waals surface area contributed by atoms with Gasteiger partial charge in [-0.1, -0.05) is 32.0 Å². The summed E-state index contributed by atoms with van der Waals surface area (Å²) in [5.74, 6) is 2.24. The van der Waals surface area contributed by atoms with Crippen molar-refractivity contribution in [2.24, 2.45) is 11.8 Å². The molecule has 0 radical (unpaired) electrons. The van der Waals surface area contributed by atoms with E-state index in [0.717, 1.165) is 11.1 Å². The van der Waals surface area contributed by atoms with Gasteiger partial charge in [0.05, 0.1) is 33.5 Å². The van der Waals surface area contributed by atoms with E-state index in [1.165, 1.54) is 20.3 Å². The SMILES string of the molecule is COc1cc([C@H]2O[C@H](c3ccc(O[C@H](C)[C@@H](O)c4ccc(O)c(OC)c4)c(OC)c3)[C@@H](C)[C@H]2C)ccc1O. The number of benzene rings is 3. The van der Waals surface area contributed by atoms with Crippen molar-refractivity contribution in [3.8, 4) is 34.5 Å². The monoisotopic (exact) mass is 524 g/mol. The van der Waals surface area contributed by atoms with E-state index >= 15 is 0 Å². The van der Waals surface area contributed by atoms with Gasteiger partial charge in [0.15, 0.2) is 34.5 Å². The molecule has 6 atom stereocenters. The molecule has 38 heavy (non-hydrogen) atoms. The van der Waals surface area contributed by atoms with Gasteiger partial charge < -0.3 is 39.0 Å². The second-order valence-electron chi connectivity index (χ2n) is 9.74. The molecule has 0 unspecified atom stereocenters. The fourth-order valence-corrected chi connectivity index (χ4v) is 4.97. The molecule has 3 aromatic carbocycles. The van der Waals surface area contributed by atoms with E-state index < -0.39 is 12.2 Å². The summed E-state index contributed by atoms with van der Waals surface area (Å²) < 4.78 is 28.7. The van der Waals surface area contributed by atoms with Crippen molar-refractivity contribution < 1.29 is 39.0 Å². The van der Waals surface area contributed by atoms with Gasteiger partial charge in [-0.2, -0.15) is 0 Å². The highest BCUT2D eigenvalue weighted by Gasteiger charge is 2.41. The van der Waals surface area contributed by atoms with Crippen LogP contribution in [-0.2, 0) is 4.74 Å². The Balaban J connectivity index is 1.52. The van der Waals surface area contributed by atoms with Crippen molar-refractivity contribution in [2.45, 2.75) is 45.2 Å². The summed E-state index contributed by atoms with van der Waals surface area (Å²) in [4.78, 5) is 0. The highest BCUT2D eigenvalue weighted by atomic mass is 16.5. The lowest BCUT2D eigenvalue weighted by molar-refractivity contribution is 0.0284. The maximum Gasteiger partial charge on any atom is 0.161 e. The number of rotatable bonds is 9. The van der Waals surface area contributed by atoms with E-state index in [2.05, 4.69) is 13.8 Å². The third-order valence-electron chi connectivity index (χ3n) is 7.43. The van der Waals surface area contributed by atoms with Crippen molar-refractivity contribution in [2.75, 3.05) is 21.3 Å². The second kappa shape index (κ2) is 11.4. The molecule has 0 aromatic heterocycles. The van der Waals surface area contributed by atoms with E-state index in [0.29, 0.717) is 22.8 Å². The molecular formula is C30H36O8. The molecule has 3 aromatic rings. The zero-order chi connectivity index (χ0) is 27.6. The zero-order valence-corrected chi connectivity index (χ0v) is 22.5. The van der Waals surface area contributed by atoms with Crippen molar-refractivity contribution in [1.29, 1.82) is 0 Å². The van der Waals surface area contributed by atoms with Crippen LogP contribution >= 0.6 is 0 Å². The fraction of sp³-hybridized carbons (Fsp3) is 0.400. The number of phenolic OH excluding ortho intramolecular Hbond substituents is 2. The van der Waals surface area contributed by atoms with E-state index in [1.54, 1.807) is 32.2 Å². The molecule has 0 aliphatic carbocycles. The summed E-state index contributed by atoms with van der Waals surface area (Å²) in [6.45, 7) is 6.08. The second-order valence-corrected chi connectivity index (χ2v) is 9.74. The number of aromatic hydroxyl groups is 2. The third-order valence-corrected chi connectivity index (χ3v) is 7.43. The summed E-state index contributed by atoms with van der Waals surface area (Å²) in [6.07, 6.45) is -1.91. The average molecular weight is 525 g/mol. The van der Waals surface area contributed by atoms with Gasteiger partial charge in [-0.3, -0.25) is 0 Å². The van der Waals surface area contributed by atoms with Crippen LogP contribution in [0, 0.1) is 11.8 Å². The maximum atomic E-state index is 10.9. The van der Waals surface area contributed by atoms with Crippen LogP contribution in [0.4, 0.5) is 0 Å². The van der Waals surface area contributed by atoms with Gasteiger partial charge >= 0.3 is 0 Å². The minimum absolute atomic E-state index is 0.00116. The number of phenols is 2. The van der Waals surface area contributed by atoms with Crippen LogP contribution in [0.25, 0.3) is 0 Å². The highest BCUT2D eigenvalue weighted by Crippen LogP contribution is 2.50. The van der Waals surface area contributed by atoms with Gasteiger partial charge in [-0.05, 0) is 71.8 Å². The van der Waals surface area contributed by atoms with Crippen LogP contribution in [-0.4, -0.2) is 42.8 Å². The average Bonchev–Trinajstić information content (AvgIpc) is 3.22. The molecule has 0 spiro atoms. The number of methoxy groups -OCH3 is 3. The molecule has 0 bridgehead atoms. The Morgan fingerprint density at radius 3 is 1.76 bits per heavy atom. The molecule has 3 N–H and O–H groups in total. The summed E-state index contributed by atoms with van der Waals surface area (Å²) >= 11 is 0. The van der Waals surface area contributed by atoms with E-state index in [1.807, 2.05) is 30.3 Å². The number of hydrogen-bond acceptors (Lipinski definition) is 8. The van der Waals surface area contributed by atoms with Crippen molar-refractivity contribution >= 4 is 0 Å².